The number of amides is 1. The second kappa shape index (κ2) is 5.19. The highest BCUT2D eigenvalue weighted by Crippen LogP contribution is 2.10. The largest absolute Gasteiger partial charge is 0.396 e. The molecule has 0 fully saturated rings. The first-order valence-electron chi connectivity index (χ1n) is 4.42. The van der Waals surface area contributed by atoms with Gasteiger partial charge in [-0.05, 0) is 18.1 Å². The van der Waals surface area contributed by atoms with E-state index in [1.165, 1.54) is 0 Å². The fraction of sp³-hybridized carbons (Fsp3) is 0.182. The molecule has 0 atom stereocenters. The molecule has 0 saturated heterocycles. The first-order valence-corrected chi connectivity index (χ1v) is 4.42. The highest BCUT2D eigenvalue weighted by molar-refractivity contribution is 5.96. The molecule has 0 unspecified atom stereocenters. The number of benzene rings is 1. The van der Waals surface area contributed by atoms with Crippen LogP contribution in [0.3, 0.4) is 0 Å². The fourth-order valence-electron chi connectivity index (χ4n) is 1.15. The molecule has 0 saturated carbocycles. The molecule has 0 aromatic heterocycles. The molecule has 0 aliphatic rings. The molecule has 3 N–H and O–H groups in total. The van der Waals surface area contributed by atoms with E-state index in [0.29, 0.717) is 12.0 Å². The van der Waals surface area contributed by atoms with E-state index in [1.807, 2.05) is 18.2 Å². The fourth-order valence-corrected chi connectivity index (χ4v) is 1.15. The van der Waals surface area contributed by atoms with Gasteiger partial charge in [-0.15, -0.1) is 0 Å². The van der Waals surface area contributed by atoms with Gasteiger partial charge in [0, 0.05) is 12.2 Å². The van der Waals surface area contributed by atoms with Crippen molar-refractivity contribution in [1.82, 2.24) is 0 Å². The molecule has 1 aromatic carbocycles. The molecule has 3 nitrogen and oxygen atoms in total. The number of aliphatic hydroxyl groups is 1. The zero-order valence-electron chi connectivity index (χ0n) is 7.81. The maximum absolute atomic E-state index is 11.0. The van der Waals surface area contributed by atoms with Crippen LogP contribution >= 0.6 is 0 Å². The minimum atomic E-state index is -0.436. The Kier molecular flexibility index (Phi) is 3.88. The smallest absolute Gasteiger partial charge is 0.249 e. The van der Waals surface area contributed by atoms with Gasteiger partial charge in [-0.25, -0.2) is 0 Å². The van der Waals surface area contributed by atoms with Gasteiger partial charge >= 0.3 is 0 Å². The lowest BCUT2D eigenvalue weighted by atomic mass is 10.1. The van der Waals surface area contributed by atoms with Crippen LogP contribution in [0.2, 0.25) is 0 Å². The van der Waals surface area contributed by atoms with E-state index < -0.39 is 5.91 Å². The lowest BCUT2D eigenvalue weighted by molar-refractivity contribution is 0.1000. The zero-order chi connectivity index (χ0) is 10.4. The molecule has 3 heteroatoms. The Morgan fingerprint density at radius 2 is 2.14 bits per heavy atom. The van der Waals surface area contributed by atoms with E-state index in [1.54, 1.807) is 18.2 Å². The van der Waals surface area contributed by atoms with Gasteiger partial charge in [0.2, 0.25) is 5.91 Å². The number of primary amides is 1. The Bertz CT molecular complexity index is 345. The van der Waals surface area contributed by atoms with Gasteiger partial charge in [0.1, 0.15) is 0 Å². The van der Waals surface area contributed by atoms with Crippen molar-refractivity contribution in [3.05, 3.63) is 41.5 Å². The quantitative estimate of drug-likeness (QED) is 0.750. The third-order valence-electron chi connectivity index (χ3n) is 1.82. The second-order valence-corrected chi connectivity index (χ2v) is 2.87. The molecule has 0 radical (unpaired) electrons. The average Bonchev–Trinajstić information content (AvgIpc) is 2.19. The van der Waals surface area contributed by atoms with Gasteiger partial charge in [0.05, 0.1) is 0 Å². The Labute approximate surface area is 82.9 Å². The summed E-state index contributed by atoms with van der Waals surface area (Å²) in [7, 11) is 0. The van der Waals surface area contributed by atoms with Crippen LogP contribution < -0.4 is 5.73 Å². The van der Waals surface area contributed by atoms with Crippen molar-refractivity contribution < 1.29 is 9.90 Å². The van der Waals surface area contributed by atoms with E-state index in [0.717, 1.165) is 5.56 Å². The summed E-state index contributed by atoms with van der Waals surface area (Å²) in [5.74, 6) is -0.436. The summed E-state index contributed by atoms with van der Waals surface area (Å²) in [5.41, 5.74) is 6.48. The number of carbonyl (C=O) groups excluding carboxylic acids is 1. The summed E-state index contributed by atoms with van der Waals surface area (Å²) in [6.07, 6.45) is 4.17. The van der Waals surface area contributed by atoms with E-state index in [2.05, 4.69) is 0 Å². The number of rotatable bonds is 4. The van der Waals surface area contributed by atoms with Crippen molar-refractivity contribution in [1.29, 1.82) is 0 Å². The van der Waals surface area contributed by atoms with Gasteiger partial charge in [0.25, 0.3) is 0 Å². The van der Waals surface area contributed by atoms with Crippen molar-refractivity contribution in [2.24, 2.45) is 5.73 Å². The molecule has 74 valence electrons. The SMILES string of the molecule is NC(=O)c1ccccc1C=CCCO. The van der Waals surface area contributed by atoms with E-state index in [4.69, 9.17) is 10.8 Å². The highest BCUT2D eigenvalue weighted by atomic mass is 16.2. The summed E-state index contributed by atoms with van der Waals surface area (Å²) < 4.78 is 0. The standard InChI is InChI=1S/C11H13NO2/c12-11(14)10-7-2-1-5-9(10)6-3-4-8-13/h1-3,5-7,13H,4,8H2,(H2,12,14). The number of aliphatic hydroxyl groups excluding tert-OH is 1. The molecule has 1 rings (SSSR count). The van der Waals surface area contributed by atoms with Crippen molar-refractivity contribution in [2.45, 2.75) is 6.42 Å². The summed E-state index contributed by atoms with van der Waals surface area (Å²) in [6, 6.07) is 7.10. The van der Waals surface area contributed by atoms with Crippen LogP contribution in [0.4, 0.5) is 0 Å². The van der Waals surface area contributed by atoms with Crippen LogP contribution in [-0.2, 0) is 0 Å². The first-order chi connectivity index (χ1) is 6.75. The van der Waals surface area contributed by atoms with Crippen molar-refractivity contribution in [2.75, 3.05) is 6.61 Å². The number of hydrogen-bond acceptors (Lipinski definition) is 2. The second-order valence-electron chi connectivity index (χ2n) is 2.87. The van der Waals surface area contributed by atoms with Crippen molar-refractivity contribution in [3.63, 3.8) is 0 Å². The molecule has 0 aliphatic carbocycles. The highest BCUT2D eigenvalue weighted by Gasteiger charge is 2.02. The van der Waals surface area contributed by atoms with E-state index in [-0.39, 0.29) is 6.61 Å². The topological polar surface area (TPSA) is 63.3 Å². The predicted octanol–water partition coefficient (Wildman–Crippen LogP) is 1.18. The monoisotopic (exact) mass is 191 g/mol. The van der Waals surface area contributed by atoms with E-state index in [9.17, 15) is 4.79 Å². The Morgan fingerprint density at radius 1 is 1.43 bits per heavy atom. The Hall–Kier alpha value is -1.61. The maximum atomic E-state index is 11.0. The molecular formula is C11H13NO2. The predicted molar refractivity (Wildman–Crippen MR) is 55.7 cm³/mol. The van der Waals surface area contributed by atoms with Gasteiger partial charge in [-0.3, -0.25) is 4.79 Å². The third-order valence-corrected chi connectivity index (χ3v) is 1.82. The molecule has 14 heavy (non-hydrogen) atoms. The Morgan fingerprint density at radius 3 is 2.79 bits per heavy atom. The normalized spacial score (nSPS) is 10.6. The molecule has 0 aliphatic heterocycles. The van der Waals surface area contributed by atoms with Gasteiger partial charge in [0.15, 0.2) is 0 Å². The van der Waals surface area contributed by atoms with Crippen LogP contribution in [0.5, 0.6) is 0 Å². The van der Waals surface area contributed by atoms with Crippen molar-refractivity contribution in [3.8, 4) is 0 Å². The molecule has 0 bridgehead atoms. The van der Waals surface area contributed by atoms with Crippen LogP contribution in [0.15, 0.2) is 30.3 Å². The molecule has 1 amide bonds. The van der Waals surface area contributed by atoms with Gasteiger partial charge in [-0.2, -0.15) is 0 Å². The lowest BCUT2D eigenvalue weighted by Crippen LogP contribution is -2.12. The summed E-state index contributed by atoms with van der Waals surface area (Å²) in [5, 5.41) is 8.58. The molecule has 0 heterocycles. The third kappa shape index (κ3) is 2.71. The van der Waals surface area contributed by atoms with Crippen LogP contribution in [0.1, 0.15) is 22.3 Å². The number of hydrogen-bond donors (Lipinski definition) is 2. The van der Waals surface area contributed by atoms with E-state index >= 15 is 0 Å². The minimum Gasteiger partial charge on any atom is -0.396 e. The lowest BCUT2D eigenvalue weighted by Gasteiger charge is -2.00. The average molecular weight is 191 g/mol. The summed E-state index contributed by atoms with van der Waals surface area (Å²) in [4.78, 5) is 11.0. The first kappa shape index (κ1) is 10.5. The van der Waals surface area contributed by atoms with Gasteiger partial charge in [-0.1, -0.05) is 30.4 Å². The molecule has 0 spiro atoms. The summed E-state index contributed by atoms with van der Waals surface area (Å²) in [6.45, 7) is 0.106. The summed E-state index contributed by atoms with van der Waals surface area (Å²) >= 11 is 0. The van der Waals surface area contributed by atoms with Crippen LogP contribution in [0, 0.1) is 0 Å². The number of carbonyl (C=O) groups is 1. The molecule has 1 aromatic rings. The minimum absolute atomic E-state index is 0.106. The number of nitrogens with two attached hydrogens (primary N) is 1. The maximum Gasteiger partial charge on any atom is 0.249 e. The van der Waals surface area contributed by atoms with Crippen molar-refractivity contribution >= 4 is 12.0 Å². The molecular weight excluding hydrogens is 178 g/mol. The Balaban J connectivity index is 2.90. The van der Waals surface area contributed by atoms with Crippen LogP contribution in [-0.4, -0.2) is 17.6 Å². The zero-order valence-corrected chi connectivity index (χ0v) is 7.81. The van der Waals surface area contributed by atoms with Gasteiger partial charge < -0.3 is 10.8 Å². The van der Waals surface area contributed by atoms with Crippen LogP contribution in [0.25, 0.3) is 6.08 Å².